The van der Waals surface area contributed by atoms with Crippen molar-refractivity contribution in [2.45, 2.75) is 11.3 Å². The first-order valence-electron chi connectivity index (χ1n) is 9.59. The number of hydrogen-bond donors (Lipinski definition) is 1. The van der Waals surface area contributed by atoms with E-state index in [-0.39, 0.29) is 16.7 Å². The van der Waals surface area contributed by atoms with Crippen LogP contribution in [0.1, 0.15) is 6.42 Å². The molecule has 1 N–H and O–H groups in total. The summed E-state index contributed by atoms with van der Waals surface area (Å²) in [5, 5.41) is 3.18. The monoisotopic (exact) mass is 405 g/mol. The number of hydrogen-bond acceptors (Lipinski definition) is 6. The Morgan fingerprint density at radius 1 is 1.11 bits per heavy atom. The molecule has 1 atom stereocenters. The smallest absolute Gasteiger partial charge is 0.243 e. The molecule has 0 bridgehead atoms. The molecule has 4 heterocycles. The van der Waals surface area contributed by atoms with Crippen molar-refractivity contribution in [2.75, 3.05) is 57.9 Å². The fraction of sp³-hybridized carbons (Fsp3) is 0.526. The van der Waals surface area contributed by atoms with Crippen LogP contribution >= 0.6 is 0 Å². The first-order chi connectivity index (χ1) is 13.5. The van der Waals surface area contributed by atoms with Crippen molar-refractivity contribution >= 4 is 21.6 Å². The Bertz CT molecular complexity index is 934. The molecule has 1 aromatic rings. The third kappa shape index (κ3) is 2.98. The van der Waals surface area contributed by atoms with Gasteiger partial charge in [-0.25, -0.2) is 8.42 Å². The summed E-state index contributed by atoms with van der Waals surface area (Å²) in [6.45, 7) is 4.12. The number of sulfonamides is 1. The maximum absolute atomic E-state index is 13.1. The van der Waals surface area contributed by atoms with Crippen LogP contribution in [0.15, 0.2) is 34.2 Å². The van der Waals surface area contributed by atoms with Crippen LogP contribution in [0.2, 0.25) is 0 Å². The van der Waals surface area contributed by atoms with Crippen molar-refractivity contribution < 1.29 is 22.7 Å². The summed E-state index contributed by atoms with van der Waals surface area (Å²) in [5.41, 5.74) is 2.81. The molecule has 0 saturated carbocycles. The predicted molar refractivity (Wildman–Crippen MR) is 102 cm³/mol. The van der Waals surface area contributed by atoms with Crippen LogP contribution in [-0.4, -0.2) is 76.1 Å². The number of ether oxygens (including phenoxy) is 2. The topological polar surface area (TPSA) is 88.2 Å². The molecular formula is C19H23N3O5S. The summed E-state index contributed by atoms with van der Waals surface area (Å²) in [5.74, 6) is 0.754. The van der Waals surface area contributed by atoms with E-state index >= 15 is 0 Å². The molecule has 1 saturated heterocycles. The number of nitrogens with one attached hydrogen (secondary N) is 1. The molecule has 1 fully saturated rings. The number of rotatable bonds is 3. The van der Waals surface area contributed by atoms with Gasteiger partial charge in [-0.1, -0.05) is 0 Å². The van der Waals surface area contributed by atoms with Gasteiger partial charge in [0.05, 0.1) is 23.1 Å². The molecule has 0 aromatic heterocycles. The van der Waals surface area contributed by atoms with E-state index < -0.39 is 10.0 Å². The van der Waals surface area contributed by atoms with Gasteiger partial charge in [0.15, 0.2) is 0 Å². The third-order valence-electron chi connectivity index (χ3n) is 5.85. The first-order valence-corrected chi connectivity index (χ1v) is 11.0. The van der Waals surface area contributed by atoms with Crippen LogP contribution in [0, 0.1) is 5.92 Å². The van der Waals surface area contributed by atoms with Gasteiger partial charge in [-0.2, -0.15) is 4.31 Å². The average molecular weight is 405 g/mol. The SMILES string of the molecule is O=C([C@H]1CCOC1)N1CC2=C(C1)CN(S(=O)(=O)c1ccc3c(c1)NCCO3)C2. The van der Waals surface area contributed by atoms with E-state index in [1.165, 1.54) is 4.31 Å². The zero-order valence-corrected chi connectivity index (χ0v) is 16.3. The third-order valence-corrected chi connectivity index (χ3v) is 7.64. The molecule has 0 radical (unpaired) electrons. The Kier molecular flexibility index (Phi) is 4.33. The minimum atomic E-state index is -3.59. The van der Waals surface area contributed by atoms with Gasteiger partial charge in [-0.3, -0.25) is 4.79 Å². The molecule has 8 nitrogen and oxygen atoms in total. The van der Waals surface area contributed by atoms with Crippen LogP contribution in [0.4, 0.5) is 5.69 Å². The summed E-state index contributed by atoms with van der Waals surface area (Å²) in [7, 11) is -3.59. The lowest BCUT2D eigenvalue weighted by Crippen LogP contribution is -2.39. The number of nitrogens with zero attached hydrogens (tertiary/aromatic N) is 2. The summed E-state index contributed by atoms with van der Waals surface area (Å²) in [6, 6.07) is 4.94. The van der Waals surface area contributed by atoms with Crippen LogP contribution in [0.5, 0.6) is 5.75 Å². The molecule has 1 amide bonds. The number of benzene rings is 1. The minimum absolute atomic E-state index is 0.0509. The molecule has 4 aliphatic heterocycles. The van der Waals surface area contributed by atoms with E-state index in [9.17, 15) is 13.2 Å². The fourth-order valence-electron chi connectivity index (χ4n) is 4.29. The first kappa shape index (κ1) is 18.0. The van der Waals surface area contributed by atoms with Crippen LogP contribution in [0.3, 0.4) is 0 Å². The molecule has 28 heavy (non-hydrogen) atoms. The molecule has 150 valence electrons. The van der Waals surface area contributed by atoms with Gasteiger partial charge in [0.2, 0.25) is 15.9 Å². The van der Waals surface area contributed by atoms with Gasteiger partial charge in [0.1, 0.15) is 12.4 Å². The lowest BCUT2D eigenvalue weighted by molar-refractivity contribution is -0.134. The number of fused-ring (bicyclic) bond motifs is 1. The van der Waals surface area contributed by atoms with Crippen molar-refractivity contribution in [3.8, 4) is 5.75 Å². The van der Waals surface area contributed by atoms with Crippen molar-refractivity contribution in [3.63, 3.8) is 0 Å². The van der Waals surface area contributed by atoms with Gasteiger partial charge in [0.25, 0.3) is 0 Å². The predicted octanol–water partition coefficient (Wildman–Crippen LogP) is 0.671. The van der Waals surface area contributed by atoms with Crippen molar-refractivity contribution in [3.05, 3.63) is 29.3 Å². The van der Waals surface area contributed by atoms with Crippen molar-refractivity contribution in [2.24, 2.45) is 5.92 Å². The molecule has 0 spiro atoms. The summed E-state index contributed by atoms with van der Waals surface area (Å²) in [6.07, 6.45) is 0.774. The molecule has 5 rings (SSSR count). The number of anilines is 1. The normalized spacial score (nSPS) is 24.7. The average Bonchev–Trinajstić information content (AvgIpc) is 3.43. The van der Waals surface area contributed by atoms with Gasteiger partial charge >= 0.3 is 0 Å². The number of amides is 1. The van der Waals surface area contributed by atoms with E-state index in [1.807, 2.05) is 4.90 Å². The highest BCUT2D eigenvalue weighted by Gasteiger charge is 2.39. The second-order valence-electron chi connectivity index (χ2n) is 7.67. The standard InChI is InChI=1S/C19H23N3O5S/c23-19(13-3-5-26-12-13)21-8-14-10-22(11-15(14)9-21)28(24,25)16-1-2-18-17(7-16)20-4-6-27-18/h1-2,7,13,20H,3-6,8-12H2/t13-/m0/s1. The van der Waals surface area contributed by atoms with E-state index in [2.05, 4.69) is 5.32 Å². The molecular weight excluding hydrogens is 382 g/mol. The van der Waals surface area contributed by atoms with Crippen molar-refractivity contribution in [1.82, 2.24) is 9.21 Å². The Balaban J connectivity index is 1.28. The maximum atomic E-state index is 13.1. The highest BCUT2D eigenvalue weighted by atomic mass is 32.2. The molecule has 4 aliphatic rings. The zero-order valence-electron chi connectivity index (χ0n) is 15.5. The Morgan fingerprint density at radius 3 is 2.61 bits per heavy atom. The molecule has 1 aromatic carbocycles. The van der Waals surface area contributed by atoms with Crippen LogP contribution < -0.4 is 10.1 Å². The van der Waals surface area contributed by atoms with Crippen LogP contribution in [0.25, 0.3) is 0 Å². The maximum Gasteiger partial charge on any atom is 0.243 e. The van der Waals surface area contributed by atoms with Crippen molar-refractivity contribution in [1.29, 1.82) is 0 Å². The second kappa shape index (κ2) is 6.75. The minimum Gasteiger partial charge on any atom is -0.490 e. The highest BCUT2D eigenvalue weighted by molar-refractivity contribution is 7.89. The fourth-order valence-corrected chi connectivity index (χ4v) is 5.74. The van der Waals surface area contributed by atoms with Gasteiger partial charge in [-0.15, -0.1) is 0 Å². The van der Waals surface area contributed by atoms with E-state index in [0.717, 1.165) is 17.6 Å². The lowest BCUT2D eigenvalue weighted by Gasteiger charge is -2.25. The summed E-state index contributed by atoms with van der Waals surface area (Å²) < 4.78 is 38.6. The Labute approximate surface area is 164 Å². The molecule has 0 aliphatic carbocycles. The quantitative estimate of drug-likeness (QED) is 0.744. The van der Waals surface area contributed by atoms with E-state index in [0.29, 0.717) is 64.0 Å². The number of carbonyl (C=O) groups excluding carboxylic acids is 1. The lowest BCUT2D eigenvalue weighted by atomic mass is 10.1. The van der Waals surface area contributed by atoms with Gasteiger partial charge in [0, 0.05) is 39.3 Å². The van der Waals surface area contributed by atoms with E-state index in [1.54, 1.807) is 18.2 Å². The molecule has 0 unspecified atom stereocenters. The highest BCUT2D eigenvalue weighted by Crippen LogP contribution is 2.34. The molecule has 9 heteroatoms. The Morgan fingerprint density at radius 2 is 1.89 bits per heavy atom. The van der Waals surface area contributed by atoms with Crippen LogP contribution in [-0.2, 0) is 19.6 Å². The van der Waals surface area contributed by atoms with Gasteiger partial charge < -0.3 is 19.7 Å². The zero-order chi connectivity index (χ0) is 19.3. The largest absolute Gasteiger partial charge is 0.490 e. The summed E-state index contributed by atoms with van der Waals surface area (Å²) >= 11 is 0. The van der Waals surface area contributed by atoms with E-state index in [4.69, 9.17) is 9.47 Å². The summed E-state index contributed by atoms with van der Waals surface area (Å²) in [4.78, 5) is 14.7. The Hall–Kier alpha value is -2.10. The number of carbonyl (C=O) groups is 1. The second-order valence-corrected chi connectivity index (χ2v) is 9.61. The van der Waals surface area contributed by atoms with Gasteiger partial charge in [-0.05, 0) is 35.8 Å².